The largest absolute Gasteiger partial charge is 0.490 e. The topological polar surface area (TPSA) is 72.1 Å². The summed E-state index contributed by atoms with van der Waals surface area (Å²) in [5.41, 5.74) is 7.37. The van der Waals surface area contributed by atoms with Crippen LogP contribution in [0.5, 0.6) is 11.5 Å². The fraction of sp³-hybridized carbons (Fsp3) is 0.409. The van der Waals surface area contributed by atoms with Crippen LogP contribution in [-0.2, 0) is 0 Å². The van der Waals surface area contributed by atoms with Crippen molar-refractivity contribution in [1.29, 1.82) is 0 Å². The molecule has 2 aliphatic rings. The molecule has 6 nitrogen and oxygen atoms in total. The van der Waals surface area contributed by atoms with E-state index >= 15 is 0 Å². The van der Waals surface area contributed by atoms with Gasteiger partial charge in [-0.1, -0.05) is 17.7 Å². The van der Waals surface area contributed by atoms with Crippen LogP contribution in [0.3, 0.4) is 0 Å². The van der Waals surface area contributed by atoms with E-state index in [-0.39, 0.29) is 41.8 Å². The number of nitrogens with one attached hydrogen (secondary N) is 1. The summed E-state index contributed by atoms with van der Waals surface area (Å²) in [5.74, 6) is 1.33. The maximum absolute atomic E-state index is 14.6. The Morgan fingerprint density at radius 3 is 2.61 bits per heavy atom. The number of anilines is 1. The van der Waals surface area contributed by atoms with E-state index < -0.39 is 0 Å². The van der Waals surface area contributed by atoms with Gasteiger partial charge < -0.3 is 20.5 Å². The zero-order valence-electron chi connectivity index (χ0n) is 17.2. The highest BCUT2D eigenvalue weighted by atomic mass is 127. The highest BCUT2D eigenvalue weighted by molar-refractivity contribution is 14.0. The van der Waals surface area contributed by atoms with Gasteiger partial charge in [-0.3, -0.25) is 9.89 Å². The molecule has 4 rings (SSSR count). The molecule has 1 unspecified atom stereocenters. The van der Waals surface area contributed by atoms with Gasteiger partial charge in [0.25, 0.3) is 0 Å². The van der Waals surface area contributed by atoms with Gasteiger partial charge in [0.1, 0.15) is 5.82 Å². The molecule has 31 heavy (non-hydrogen) atoms. The Bertz CT molecular complexity index is 904. The predicted octanol–water partition coefficient (Wildman–Crippen LogP) is 4.82. The van der Waals surface area contributed by atoms with Crippen LogP contribution in [0.4, 0.5) is 10.1 Å². The third-order valence-corrected chi connectivity index (χ3v) is 5.70. The second kappa shape index (κ2) is 11.2. The number of benzene rings is 2. The second-order valence-corrected chi connectivity index (χ2v) is 7.86. The first-order valence-corrected chi connectivity index (χ1v) is 10.6. The predicted molar refractivity (Wildman–Crippen MR) is 133 cm³/mol. The molecule has 0 radical (unpaired) electrons. The number of nitrogens with two attached hydrogens (primary N) is 1. The number of rotatable bonds is 5. The summed E-state index contributed by atoms with van der Waals surface area (Å²) in [6, 6.07) is 10.1. The Labute approximate surface area is 204 Å². The van der Waals surface area contributed by atoms with Gasteiger partial charge in [-0.05, 0) is 50.2 Å². The van der Waals surface area contributed by atoms with Crippen molar-refractivity contribution >= 4 is 47.2 Å². The highest BCUT2D eigenvalue weighted by Gasteiger charge is 2.27. The number of halogens is 3. The Hall–Kier alpha value is -1.78. The third kappa shape index (κ3) is 5.93. The normalized spacial score (nSPS) is 17.5. The first-order valence-electron chi connectivity index (χ1n) is 10.3. The van der Waals surface area contributed by atoms with Crippen LogP contribution in [-0.4, -0.2) is 43.7 Å². The summed E-state index contributed by atoms with van der Waals surface area (Å²) >= 11 is 6.34. The van der Waals surface area contributed by atoms with E-state index in [4.69, 9.17) is 26.8 Å². The Kier molecular flexibility index (Phi) is 8.62. The van der Waals surface area contributed by atoms with E-state index in [1.807, 2.05) is 18.2 Å². The van der Waals surface area contributed by atoms with E-state index in [0.717, 1.165) is 43.8 Å². The second-order valence-electron chi connectivity index (χ2n) is 7.46. The number of guanidine groups is 1. The Balaban J connectivity index is 0.00000272. The molecule has 0 aliphatic carbocycles. The smallest absolute Gasteiger partial charge is 0.193 e. The van der Waals surface area contributed by atoms with E-state index in [9.17, 15) is 4.39 Å². The first-order chi connectivity index (χ1) is 14.6. The molecule has 0 amide bonds. The number of hydrogen-bond donors (Lipinski definition) is 2. The summed E-state index contributed by atoms with van der Waals surface area (Å²) < 4.78 is 25.9. The van der Waals surface area contributed by atoms with Gasteiger partial charge in [0.05, 0.1) is 25.8 Å². The zero-order chi connectivity index (χ0) is 20.9. The van der Waals surface area contributed by atoms with E-state index in [0.29, 0.717) is 36.1 Å². The van der Waals surface area contributed by atoms with Gasteiger partial charge in [-0.15, -0.1) is 24.0 Å². The number of aliphatic imine (C=N–C) groups is 1. The van der Waals surface area contributed by atoms with Crippen LogP contribution in [0, 0.1) is 5.82 Å². The minimum Gasteiger partial charge on any atom is -0.490 e. The van der Waals surface area contributed by atoms with Crippen LogP contribution >= 0.6 is 35.6 Å². The van der Waals surface area contributed by atoms with Crippen molar-refractivity contribution in [1.82, 2.24) is 4.90 Å². The monoisotopic (exact) mass is 560 g/mol. The molecule has 2 aromatic carbocycles. The van der Waals surface area contributed by atoms with Crippen molar-refractivity contribution in [3.63, 3.8) is 0 Å². The van der Waals surface area contributed by atoms with Gasteiger partial charge in [-0.2, -0.15) is 0 Å². The fourth-order valence-corrected chi connectivity index (χ4v) is 4.17. The van der Waals surface area contributed by atoms with E-state index in [1.165, 1.54) is 6.07 Å². The van der Waals surface area contributed by atoms with Crippen LogP contribution in [0.1, 0.15) is 30.9 Å². The standard InChI is InChI=1S/C22H26ClFN4O2.HI/c23-16-5-3-6-17(24)21(16)18(28-9-1-2-10-28)14-26-22(25)27-15-7-8-19-20(13-15)30-12-4-11-29-19;/h3,5-8,13,18H,1-2,4,9-12,14H2,(H3,25,26,27);1H. The van der Waals surface area contributed by atoms with Crippen molar-refractivity contribution in [2.75, 3.05) is 38.2 Å². The van der Waals surface area contributed by atoms with E-state index in [1.54, 1.807) is 12.1 Å². The van der Waals surface area contributed by atoms with Crippen LogP contribution in [0.15, 0.2) is 41.4 Å². The summed E-state index contributed by atoms with van der Waals surface area (Å²) in [6.45, 7) is 3.34. The number of ether oxygens (including phenoxy) is 2. The van der Waals surface area contributed by atoms with Crippen molar-refractivity contribution < 1.29 is 13.9 Å². The number of hydrogen-bond acceptors (Lipinski definition) is 4. The van der Waals surface area contributed by atoms with Crippen molar-refractivity contribution in [2.24, 2.45) is 10.7 Å². The summed E-state index contributed by atoms with van der Waals surface area (Å²) in [7, 11) is 0. The highest BCUT2D eigenvalue weighted by Crippen LogP contribution is 2.33. The molecule has 0 aromatic heterocycles. The lowest BCUT2D eigenvalue weighted by Crippen LogP contribution is -2.31. The van der Waals surface area contributed by atoms with Gasteiger partial charge in [-0.25, -0.2) is 4.39 Å². The van der Waals surface area contributed by atoms with Gasteiger partial charge >= 0.3 is 0 Å². The van der Waals surface area contributed by atoms with Crippen molar-refractivity contribution in [3.8, 4) is 11.5 Å². The van der Waals surface area contributed by atoms with Crippen LogP contribution < -0.4 is 20.5 Å². The molecule has 2 heterocycles. The molecule has 2 aromatic rings. The molecule has 168 valence electrons. The zero-order valence-corrected chi connectivity index (χ0v) is 20.2. The molecule has 1 saturated heterocycles. The van der Waals surface area contributed by atoms with Crippen molar-refractivity contribution in [2.45, 2.75) is 25.3 Å². The minimum absolute atomic E-state index is 0. The SMILES string of the molecule is I.NC(=NCC(c1c(F)cccc1Cl)N1CCCC1)Nc1ccc2c(c1)OCCCO2. The number of nitrogens with zero attached hydrogens (tertiary/aromatic N) is 2. The lowest BCUT2D eigenvalue weighted by atomic mass is 10.0. The van der Waals surface area contributed by atoms with Crippen LogP contribution in [0.2, 0.25) is 5.02 Å². The molecule has 2 aliphatic heterocycles. The van der Waals surface area contributed by atoms with Gasteiger partial charge in [0.15, 0.2) is 17.5 Å². The molecule has 3 N–H and O–H groups in total. The van der Waals surface area contributed by atoms with Crippen molar-refractivity contribution in [3.05, 3.63) is 52.8 Å². The summed E-state index contributed by atoms with van der Waals surface area (Å²) in [5, 5.41) is 3.50. The van der Waals surface area contributed by atoms with Gasteiger partial charge in [0.2, 0.25) is 0 Å². The summed E-state index contributed by atoms with van der Waals surface area (Å²) in [6.07, 6.45) is 3.01. The Morgan fingerprint density at radius 2 is 1.87 bits per heavy atom. The average Bonchev–Trinajstić information content (AvgIpc) is 3.15. The minimum atomic E-state index is -0.316. The first kappa shape index (κ1) is 23.9. The molecular weight excluding hydrogens is 534 g/mol. The molecule has 1 atom stereocenters. The fourth-order valence-electron chi connectivity index (χ4n) is 3.88. The maximum Gasteiger partial charge on any atom is 0.193 e. The van der Waals surface area contributed by atoms with Gasteiger partial charge in [0, 0.05) is 28.8 Å². The lowest BCUT2D eigenvalue weighted by molar-refractivity contribution is 0.246. The molecule has 0 saturated carbocycles. The maximum atomic E-state index is 14.6. The Morgan fingerprint density at radius 1 is 1.13 bits per heavy atom. The lowest BCUT2D eigenvalue weighted by Gasteiger charge is -2.27. The van der Waals surface area contributed by atoms with E-state index in [2.05, 4.69) is 15.2 Å². The molecule has 1 fully saturated rings. The molecule has 0 bridgehead atoms. The molecule has 9 heteroatoms. The quantitative estimate of drug-likeness (QED) is 0.312. The third-order valence-electron chi connectivity index (χ3n) is 5.37. The van der Waals surface area contributed by atoms with Crippen LogP contribution in [0.25, 0.3) is 0 Å². The summed E-state index contributed by atoms with van der Waals surface area (Å²) in [4.78, 5) is 6.71. The molecule has 0 spiro atoms. The average molecular weight is 561 g/mol. The molecular formula is C22H27ClFIN4O2. The number of fused-ring (bicyclic) bond motifs is 1. The number of likely N-dealkylation sites (tertiary alicyclic amines) is 1.